The van der Waals surface area contributed by atoms with Gasteiger partial charge in [0, 0.05) is 16.2 Å². The molecule has 0 heterocycles. The first kappa shape index (κ1) is 34.7. The van der Waals surface area contributed by atoms with Gasteiger partial charge in [0.05, 0.1) is 39.8 Å². The molecule has 3 aromatic carbocycles. The molecule has 3 aromatic rings. The molecule has 0 N–H and O–H groups in total. The van der Waals surface area contributed by atoms with Crippen LogP contribution in [0.5, 0.6) is 0 Å². The van der Waals surface area contributed by atoms with Crippen LogP contribution in [0.1, 0.15) is 26.3 Å². The fourth-order valence-corrected chi connectivity index (χ4v) is 5.64. The van der Waals surface area contributed by atoms with E-state index in [2.05, 4.69) is 0 Å². The van der Waals surface area contributed by atoms with Crippen molar-refractivity contribution < 1.29 is 62.3 Å². The van der Waals surface area contributed by atoms with Gasteiger partial charge in [-0.05, 0) is 59.0 Å². The van der Waals surface area contributed by atoms with E-state index < -0.39 is 84.8 Å². The van der Waals surface area contributed by atoms with Crippen molar-refractivity contribution >= 4 is 68.6 Å². The Morgan fingerprint density at radius 2 is 1.26 bits per heavy atom. The number of carbonyl (C=O) groups is 2. The van der Waals surface area contributed by atoms with Crippen LogP contribution >= 0.6 is 45.5 Å². The molecular weight excluding hydrogens is 842 g/mol. The first-order valence-corrected chi connectivity index (χ1v) is 13.1. The Morgan fingerprint density at radius 3 is 1.74 bits per heavy atom. The number of alkyl halides is 9. The van der Waals surface area contributed by atoms with E-state index in [-0.39, 0.29) is 12.1 Å². The summed E-state index contributed by atoms with van der Waals surface area (Å²) in [5.74, 6) is -13.5. The van der Waals surface area contributed by atoms with Crippen molar-refractivity contribution in [2.75, 3.05) is 15.1 Å². The standard InChI is InChI=1S/C25H12F12I2N2O2/c1-40(21(43)18-13(26)5-3-6-14(18)27)17-7-2-4-12(19(17)28)20(42)41(39)16-9-8-11(10-15(16)38)22(29,24(32,33)34)23(30,31)25(35,36)37/h2-10H,1H3. The van der Waals surface area contributed by atoms with Crippen molar-refractivity contribution in [3.63, 3.8) is 0 Å². The van der Waals surface area contributed by atoms with Gasteiger partial charge < -0.3 is 4.90 Å². The predicted molar refractivity (Wildman–Crippen MR) is 145 cm³/mol. The van der Waals surface area contributed by atoms with E-state index >= 15 is 4.39 Å². The van der Waals surface area contributed by atoms with Crippen molar-refractivity contribution in [2.24, 2.45) is 0 Å². The highest BCUT2D eigenvalue weighted by atomic mass is 127. The second-order valence-electron chi connectivity index (χ2n) is 8.58. The third kappa shape index (κ3) is 5.99. The van der Waals surface area contributed by atoms with E-state index in [0.29, 0.717) is 14.1 Å². The quantitative estimate of drug-likeness (QED) is 0.141. The average molecular weight is 854 g/mol. The molecule has 0 saturated heterocycles. The lowest BCUT2D eigenvalue weighted by molar-refractivity contribution is -0.389. The summed E-state index contributed by atoms with van der Waals surface area (Å²) in [6.07, 6.45) is -13.7. The molecule has 0 saturated carbocycles. The van der Waals surface area contributed by atoms with Gasteiger partial charge in [-0.25, -0.2) is 20.7 Å². The monoisotopic (exact) mass is 854 g/mol. The second kappa shape index (κ2) is 12.0. The Kier molecular flexibility index (Phi) is 9.65. The van der Waals surface area contributed by atoms with E-state index in [0.717, 1.165) is 66.0 Å². The van der Waals surface area contributed by atoms with Crippen molar-refractivity contribution in [1.82, 2.24) is 0 Å². The van der Waals surface area contributed by atoms with Crippen molar-refractivity contribution in [1.29, 1.82) is 0 Å². The van der Waals surface area contributed by atoms with Crippen molar-refractivity contribution in [3.05, 3.63) is 92.3 Å². The van der Waals surface area contributed by atoms with E-state index in [1.165, 1.54) is 22.9 Å². The van der Waals surface area contributed by atoms with Gasteiger partial charge in [-0.3, -0.25) is 9.59 Å². The van der Waals surface area contributed by atoms with E-state index in [9.17, 15) is 57.9 Å². The molecule has 0 aliphatic heterocycles. The van der Waals surface area contributed by atoms with Crippen LogP contribution < -0.4 is 8.01 Å². The Balaban J connectivity index is 2.02. The first-order valence-electron chi connectivity index (χ1n) is 11.1. The molecule has 2 amide bonds. The first-order chi connectivity index (χ1) is 19.6. The summed E-state index contributed by atoms with van der Waals surface area (Å²) in [5.41, 5.74) is -11.3. The number of halogens is 14. The summed E-state index contributed by atoms with van der Waals surface area (Å²) in [7, 11) is 0.935. The highest BCUT2D eigenvalue weighted by Crippen LogP contribution is 2.58. The molecule has 0 aromatic heterocycles. The maximum atomic E-state index is 15.4. The molecule has 18 heteroatoms. The van der Waals surface area contributed by atoms with Crippen LogP contribution in [0.4, 0.5) is 64.1 Å². The molecule has 4 nitrogen and oxygen atoms in total. The predicted octanol–water partition coefficient (Wildman–Crippen LogP) is 8.91. The van der Waals surface area contributed by atoms with Gasteiger partial charge in [-0.15, -0.1) is 0 Å². The van der Waals surface area contributed by atoms with Crippen LogP contribution in [0.25, 0.3) is 0 Å². The summed E-state index contributed by atoms with van der Waals surface area (Å²) < 4.78 is 165. The zero-order valence-electron chi connectivity index (χ0n) is 20.7. The second-order valence-corrected chi connectivity index (χ2v) is 10.7. The smallest absolute Gasteiger partial charge is 0.308 e. The number of hydrogen-bond donors (Lipinski definition) is 0. The highest BCUT2D eigenvalue weighted by molar-refractivity contribution is 14.1. The number of hydrogen-bond acceptors (Lipinski definition) is 2. The molecular formula is C25H12F12I2N2O2. The normalized spacial score (nSPS) is 13.8. The minimum Gasteiger partial charge on any atom is -0.308 e. The van der Waals surface area contributed by atoms with Gasteiger partial charge >= 0.3 is 23.9 Å². The Morgan fingerprint density at radius 1 is 0.721 bits per heavy atom. The molecule has 0 bridgehead atoms. The molecule has 0 aliphatic rings. The molecule has 1 atom stereocenters. The minimum absolute atomic E-state index is 0.0180. The summed E-state index contributed by atoms with van der Waals surface area (Å²) in [5, 5.41) is 0. The number of carbonyl (C=O) groups excluding carboxylic acids is 2. The van der Waals surface area contributed by atoms with Gasteiger partial charge in [0.1, 0.15) is 17.2 Å². The molecule has 0 spiro atoms. The summed E-state index contributed by atoms with van der Waals surface area (Å²) in [4.78, 5) is 26.3. The highest BCUT2D eigenvalue weighted by Gasteiger charge is 2.81. The number of benzene rings is 3. The van der Waals surface area contributed by atoms with Gasteiger partial charge in [0.2, 0.25) is 0 Å². The molecule has 43 heavy (non-hydrogen) atoms. The summed E-state index contributed by atoms with van der Waals surface area (Å²) >= 11 is 2.35. The average Bonchev–Trinajstić information content (AvgIpc) is 2.90. The van der Waals surface area contributed by atoms with Gasteiger partial charge in [0.15, 0.2) is 5.82 Å². The number of amides is 2. The molecule has 3 rings (SSSR count). The maximum absolute atomic E-state index is 15.4. The van der Waals surface area contributed by atoms with E-state index in [4.69, 9.17) is 0 Å². The molecule has 0 radical (unpaired) electrons. The van der Waals surface area contributed by atoms with Crippen LogP contribution in [0, 0.1) is 21.0 Å². The van der Waals surface area contributed by atoms with Crippen LogP contribution in [0.15, 0.2) is 54.6 Å². The zero-order chi connectivity index (χ0) is 32.9. The van der Waals surface area contributed by atoms with Crippen molar-refractivity contribution in [2.45, 2.75) is 23.9 Å². The van der Waals surface area contributed by atoms with Crippen LogP contribution in [0.2, 0.25) is 0 Å². The Hall–Kier alpha value is -2.78. The number of nitrogens with zero attached hydrogens (tertiary/aromatic N) is 2. The van der Waals surface area contributed by atoms with Crippen LogP contribution in [-0.4, -0.2) is 37.1 Å². The fourth-order valence-electron chi connectivity index (χ4n) is 3.74. The fraction of sp³-hybridized carbons (Fsp3) is 0.200. The third-order valence-corrected chi connectivity index (χ3v) is 7.79. The van der Waals surface area contributed by atoms with Crippen molar-refractivity contribution in [3.8, 4) is 0 Å². The zero-order valence-corrected chi connectivity index (χ0v) is 25.0. The summed E-state index contributed by atoms with van der Waals surface area (Å²) in [6, 6.07) is 5.85. The topological polar surface area (TPSA) is 40.6 Å². The van der Waals surface area contributed by atoms with Gasteiger partial charge in [-0.2, -0.15) is 35.1 Å². The minimum atomic E-state index is -6.94. The lowest BCUT2D eigenvalue weighted by atomic mass is 9.87. The van der Waals surface area contributed by atoms with E-state index in [1.807, 2.05) is 0 Å². The molecule has 0 fully saturated rings. The maximum Gasteiger partial charge on any atom is 0.457 e. The number of anilines is 2. The largest absolute Gasteiger partial charge is 0.457 e. The lowest BCUT2D eigenvalue weighted by Gasteiger charge is -2.36. The Bertz CT molecular complexity index is 1560. The lowest BCUT2D eigenvalue weighted by Crippen LogP contribution is -2.59. The summed E-state index contributed by atoms with van der Waals surface area (Å²) in [6.45, 7) is 0. The van der Waals surface area contributed by atoms with Gasteiger partial charge in [-0.1, -0.05) is 18.2 Å². The van der Waals surface area contributed by atoms with Crippen LogP contribution in [-0.2, 0) is 5.67 Å². The molecule has 232 valence electrons. The van der Waals surface area contributed by atoms with Gasteiger partial charge in [0.25, 0.3) is 11.8 Å². The van der Waals surface area contributed by atoms with Crippen LogP contribution in [0.3, 0.4) is 0 Å². The Labute approximate surface area is 261 Å². The molecule has 1 unspecified atom stereocenters. The SMILES string of the molecule is CN(C(=O)c1c(F)cccc1F)c1cccc(C(=O)N(I)c2ccc(C(F)(C(F)(F)F)C(F)(F)C(F)(F)F)cc2I)c1F. The third-order valence-electron chi connectivity index (χ3n) is 5.97. The van der Waals surface area contributed by atoms with E-state index in [1.54, 1.807) is 0 Å². The number of rotatable bonds is 6. The molecule has 0 aliphatic carbocycles.